The number of ether oxygens (including phenoxy) is 1. The van der Waals surface area contributed by atoms with Crippen molar-refractivity contribution in [3.05, 3.63) is 0 Å². The molecule has 0 aromatic heterocycles. The average molecular weight is 265 g/mol. The van der Waals surface area contributed by atoms with Crippen LogP contribution in [0.1, 0.15) is 52.4 Å². The molecular weight excluding hydrogens is 234 g/mol. The Morgan fingerprint density at radius 2 is 1.58 bits per heavy atom. The quantitative estimate of drug-likeness (QED) is 0.794. The molecule has 110 valence electrons. The van der Waals surface area contributed by atoms with Crippen molar-refractivity contribution >= 4 is 0 Å². The number of nitrogens with one attached hydrogen (secondary N) is 1. The maximum atomic E-state index is 5.24. The Labute approximate surface area is 118 Å². The fourth-order valence-corrected chi connectivity index (χ4v) is 5.12. The lowest BCUT2D eigenvalue weighted by molar-refractivity contribution is -0.0172. The van der Waals surface area contributed by atoms with Crippen molar-refractivity contribution in [2.75, 3.05) is 20.3 Å². The molecule has 19 heavy (non-hydrogen) atoms. The van der Waals surface area contributed by atoms with Crippen LogP contribution in [0.15, 0.2) is 0 Å². The van der Waals surface area contributed by atoms with Crippen LogP contribution in [-0.4, -0.2) is 26.3 Å². The average Bonchev–Trinajstić information content (AvgIpc) is 2.35. The van der Waals surface area contributed by atoms with Crippen LogP contribution in [0.2, 0.25) is 0 Å². The molecule has 4 aliphatic carbocycles. The third-order valence-corrected chi connectivity index (χ3v) is 6.03. The molecular formula is C17H31NO. The summed E-state index contributed by atoms with van der Waals surface area (Å²) >= 11 is 0. The first-order valence-electron chi connectivity index (χ1n) is 8.30. The van der Waals surface area contributed by atoms with E-state index in [1.807, 2.05) is 0 Å². The molecule has 0 saturated heterocycles. The second-order valence-electron chi connectivity index (χ2n) is 8.24. The Kier molecular flexibility index (Phi) is 3.92. The zero-order valence-corrected chi connectivity index (χ0v) is 13.0. The Bertz CT molecular complexity index is 284. The van der Waals surface area contributed by atoms with Crippen LogP contribution >= 0.6 is 0 Å². The first-order valence-corrected chi connectivity index (χ1v) is 8.30. The van der Waals surface area contributed by atoms with Gasteiger partial charge in [-0.25, -0.2) is 0 Å². The SMILES string of the molecule is COCCC(C)(C)CNC1C2CC3CC(C2)CC1C3. The van der Waals surface area contributed by atoms with Crippen LogP contribution in [-0.2, 0) is 4.74 Å². The van der Waals surface area contributed by atoms with E-state index in [0.29, 0.717) is 5.41 Å². The highest BCUT2D eigenvalue weighted by Gasteiger charge is 2.48. The molecule has 0 unspecified atom stereocenters. The van der Waals surface area contributed by atoms with Gasteiger partial charge in [-0.2, -0.15) is 0 Å². The molecule has 0 aliphatic heterocycles. The van der Waals surface area contributed by atoms with Gasteiger partial charge in [0.1, 0.15) is 0 Å². The molecule has 4 saturated carbocycles. The fraction of sp³-hybridized carbons (Fsp3) is 1.00. The summed E-state index contributed by atoms with van der Waals surface area (Å²) in [5.41, 5.74) is 0.366. The molecule has 0 aromatic carbocycles. The van der Waals surface area contributed by atoms with Crippen LogP contribution < -0.4 is 5.32 Å². The standard InChI is InChI=1S/C17H31NO/c1-17(2,4-5-19-3)11-18-16-14-7-12-6-13(9-14)10-15(16)8-12/h12-16,18H,4-11H2,1-3H3. The second-order valence-corrected chi connectivity index (χ2v) is 8.24. The van der Waals surface area contributed by atoms with E-state index in [2.05, 4.69) is 19.2 Å². The summed E-state index contributed by atoms with van der Waals surface area (Å²) in [5, 5.41) is 3.96. The van der Waals surface area contributed by atoms with Gasteiger partial charge in [0.25, 0.3) is 0 Å². The van der Waals surface area contributed by atoms with E-state index in [4.69, 9.17) is 4.74 Å². The molecule has 2 heteroatoms. The zero-order chi connectivity index (χ0) is 13.5. The maximum absolute atomic E-state index is 5.24. The van der Waals surface area contributed by atoms with E-state index < -0.39 is 0 Å². The Hall–Kier alpha value is -0.0800. The summed E-state index contributed by atoms with van der Waals surface area (Å²) < 4.78 is 5.24. The van der Waals surface area contributed by atoms with Gasteiger partial charge in [0, 0.05) is 26.3 Å². The van der Waals surface area contributed by atoms with Gasteiger partial charge in [-0.05, 0) is 67.6 Å². The van der Waals surface area contributed by atoms with Crippen molar-refractivity contribution in [1.29, 1.82) is 0 Å². The molecule has 0 atom stereocenters. The van der Waals surface area contributed by atoms with Gasteiger partial charge < -0.3 is 10.1 Å². The van der Waals surface area contributed by atoms with E-state index in [1.54, 1.807) is 13.5 Å². The zero-order valence-electron chi connectivity index (χ0n) is 13.0. The molecule has 0 radical (unpaired) electrons. The van der Waals surface area contributed by atoms with Crippen LogP contribution in [0.25, 0.3) is 0 Å². The summed E-state index contributed by atoms with van der Waals surface area (Å²) in [7, 11) is 1.81. The number of methoxy groups -OCH3 is 1. The predicted molar refractivity (Wildman–Crippen MR) is 79.1 cm³/mol. The van der Waals surface area contributed by atoms with Gasteiger partial charge in [0.2, 0.25) is 0 Å². The Balaban J connectivity index is 1.53. The van der Waals surface area contributed by atoms with Gasteiger partial charge in [-0.15, -0.1) is 0 Å². The first kappa shape index (κ1) is 13.9. The molecule has 4 fully saturated rings. The van der Waals surface area contributed by atoms with Crippen molar-refractivity contribution in [3.8, 4) is 0 Å². The fourth-order valence-electron chi connectivity index (χ4n) is 5.12. The molecule has 0 aromatic rings. The van der Waals surface area contributed by atoms with Gasteiger partial charge in [-0.3, -0.25) is 0 Å². The van der Waals surface area contributed by atoms with Gasteiger partial charge in [-0.1, -0.05) is 13.8 Å². The van der Waals surface area contributed by atoms with Crippen LogP contribution in [0.5, 0.6) is 0 Å². The van der Waals surface area contributed by atoms with Gasteiger partial charge >= 0.3 is 0 Å². The highest BCUT2D eigenvalue weighted by atomic mass is 16.5. The predicted octanol–water partition coefficient (Wildman–Crippen LogP) is 3.46. The maximum Gasteiger partial charge on any atom is 0.0467 e. The smallest absolute Gasteiger partial charge is 0.0467 e. The Morgan fingerprint density at radius 3 is 2.11 bits per heavy atom. The summed E-state index contributed by atoms with van der Waals surface area (Å²) in [5.74, 6) is 4.16. The van der Waals surface area contributed by atoms with Crippen LogP contribution in [0, 0.1) is 29.1 Å². The van der Waals surface area contributed by atoms with Gasteiger partial charge in [0.05, 0.1) is 0 Å². The van der Waals surface area contributed by atoms with E-state index >= 15 is 0 Å². The largest absolute Gasteiger partial charge is 0.385 e. The van der Waals surface area contributed by atoms with E-state index in [1.165, 1.54) is 25.7 Å². The molecule has 1 N–H and O–H groups in total. The van der Waals surface area contributed by atoms with E-state index in [9.17, 15) is 0 Å². The number of hydrogen-bond donors (Lipinski definition) is 1. The van der Waals surface area contributed by atoms with Crippen molar-refractivity contribution in [3.63, 3.8) is 0 Å². The Morgan fingerprint density at radius 1 is 1.00 bits per heavy atom. The highest BCUT2D eigenvalue weighted by Crippen LogP contribution is 2.53. The van der Waals surface area contributed by atoms with E-state index in [-0.39, 0.29) is 0 Å². The first-order chi connectivity index (χ1) is 9.07. The van der Waals surface area contributed by atoms with Crippen LogP contribution in [0.4, 0.5) is 0 Å². The number of rotatable bonds is 6. The third kappa shape index (κ3) is 3.00. The van der Waals surface area contributed by atoms with Gasteiger partial charge in [0.15, 0.2) is 0 Å². The summed E-state index contributed by atoms with van der Waals surface area (Å²) in [4.78, 5) is 0. The summed E-state index contributed by atoms with van der Waals surface area (Å²) in [6.45, 7) is 6.78. The van der Waals surface area contributed by atoms with Crippen molar-refractivity contribution in [1.82, 2.24) is 5.32 Å². The third-order valence-electron chi connectivity index (χ3n) is 6.03. The minimum Gasteiger partial charge on any atom is -0.385 e. The summed E-state index contributed by atoms with van der Waals surface area (Å²) in [6.07, 6.45) is 8.78. The highest BCUT2D eigenvalue weighted by molar-refractivity contribution is 5.01. The normalized spacial score (nSPS) is 40.9. The number of hydrogen-bond acceptors (Lipinski definition) is 2. The molecule has 4 bridgehead atoms. The lowest BCUT2D eigenvalue weighted by Gasteiger charge is -2.55. The molecule has 2 nitrogen and oxygen atoms in total. The van der Waals surface area contributed by atoms with Crippen LogP contribution in [0.3, 0.4) is 0 Å². The topological polar surface area (TPSA) is 21.3 Å². The molecule has 0 heterocycles. The monoisotopic (exact) mass is 265 g/mol. The minimum atomic E-state index is 0.366. The molecule has 4 rings (SSSR count). The lowest BCUT2D eigenvalue weighted by atomic mass is 9.54. The minimum absolute atomic E-state index is 0.366. The van der Waals surface area contributed by atoms with E-state index in [0.717, 1.165) is 49.3 Å². The molecule has 0 amide bonds. The lowest BCUT2D eigenvalue weighted by Crippen LogP contribution is -2.55. The molecule has 0 spiro atoms. The molecule has 4 aliphatic rings. The summed E-state index contributed by atoms with van der Waals surface area (Å²) in [6, 6.07) is 0.828. The van der Waals surface area contributed by atoms with Crippen molar-refractivity contribution in [2.45, 2.75) is 58.4 Å². The van der Waals surface area contributed by atoms with Crippen molar-refractivity contribution < 1.29 is 4.74 Å². The second kappa shape index (κ2) is 5.37. The van der Waals surface area contributed by atoms with Crippen molar-refractivity contribution in [2.24, 2.45) is 29.1 Å².